The molecule has 9 heteroatoms. The van der Waals surface area contributed by atoms with Crippen LogP contribution in [0.15, 0.2) is 6.07 Å². The summed E-state index contributed by atoms with van der Waals surface area (Å²) >= 11 is 0. The Hall–Kier alpha value is -1.93. The zero-order valence-electron chi connectivity index (χ0n) is 9.46. The summed E-state index contributed by atoms with van der Waals surface area (Å²) in [5.74, 6) is -2.47. The third kappa shape index (κ3) is 4.34. The number of halogens is 5. The summed E-state index contributed by atoms with van der Waals surface area (Å²) in [7, 11) is 0. The van der Waals surface area contributed by atoms with Crippen molar-refractivity contribution in [1.29, 1.82) is 0 Å². The van der Waals surface area contributed by atoms with Gasteiger partial charge in [-0.1, -0.05) is 0 Å². The van der Waals surface area contributed by atoms with Crippen LogP contribution in [0.1, 0.15) is 23.2 Å². The van der Waals surface area contributed by atoms with Crippen LogP contribution < -0.4 is 4.74 Å². The average Bonchev–Trinajstić information content (AvgIpc) is 2.19. The third-order valence-corrected chi connectivity index (χ3v) is 2.16. The summed E-state index contributed by atoms with van der Waals surface area (Å²) in [6, 6.07) is 0.683. The van der Waals surface area contributed by atoms with Crippen LogP contribution in [0.25, 0.3) is 0 Å². The van der Waals surface area contributed by atoms with E-state index in [0.29, 0.717) is 6.07 Å². The molecule has 1 aromatic heterocycles. The number of carboxylic acid groups (broad SMARTS) is 1. The minimum absolute atomic E-state index is 0.174. The molecule has 106 valence electrons. The highest BCUT2D eigenvalue weighted by molar-refractivity contribution is 5.71. The molecule has 19 heavy (non-hydrogen) atoms. The molecule has 0 aromatic carbocycles. The number of carboxylic acids is 1. The number of pyridine rings is 1. The van der Waals surface area contributed by atoms with E-state index >= 15 is 0 Å². The van der Waals surface area contributed by atoms with Gasteiger partial charge in [0.1, 0.15) is 5.69 Å². The van der Waals surface area contributed by atoms with Crippen molar-refractivity contribution >= 4 is 5.97 Å². The second-order valence-electron chi connectivity index (χ2n) is 3.55. The predicted octanol–water partition coefficient (Wildman–Crippen LogP) is 2.85. The van der Waals surface area contributed by atoms with Gasteiger partial charge < -0.3 is 9.84 Å². The van der Waals surface area contributed by atoms with E-state index in [0.717, 1.165) is 6.92 Å². The number of ether oxygens (including phenoxy) is 1. The highest BCUT2D eigenvalue weighted by Gasteiger charge is 2.33. The van der Waals surface area contributed by atoms with Crippen LogP contribution in [0.4, 0.5) is 22.0 Å². The van der Waals surface area contributed by atoms with Gasteiger partial charge in [0.15, 0.2) is 0 Å². The smallest absolute Gasteiger partial charge is 0.481 e. The molecule has 0 radical (unpaired) electrons. The second kappa shape index (κ2) is 5.37. The lowest BCUT2D eigenvalue weighted by Crippen LogP contribution is -2.19. The molecule has 1 N–H and O–H groups in total. The Morgan fingerprint density at radius 1 is 1.47 bits per heavy atom. The number of hydrogen-bond donors (Lipinski definition) is 1. The molecule has 0 bridgehead atoms. The third-order valence-electron chi connectivity index (χ3n) is 2.16. The monoisotopic (exact) mass is 285 g/mol. The lowest BCUT2D eigenvalue weighted by molar-refractivity contribution is -0.276. The number of nitrogens with zero attached hydrogens (tertiary/aromatic N) is 1. The van der Waals surface area contributed by atoms with Crippen molar-refractivity contribution in [3.05, 3.63) is 22.9 Å². The molecule has 1 heterocycles. The molecule has 0 aliphatic carbocycles. The first-order valence-electron chi connectivity index (χ1n) is 4.86. The molecule has 0 atom stereocenters. The molecule has 1 rings (SSSR count). The summed E-state index contributed by atoms with van der Waals surface area (Å²) in [5, 5.41) is 8.57. The first-order valence-corrected chi connectivity index (χ1v) is 4.86. The van der Waals surface area contributed by atoms with Gasteiger partial charge in [-0.3, -0.25) is 4.79 Å². The molecule has 4 nitrogen and oxygen atoms in total. The summed E-state index contributed by atoms with van der Waals surface area (Å²) in [6.45, 7) is 1.16. The molecule has 0 aliphatic heterocycles. The quantitative estimate of drug-likeness (QED) is 0.864. The van der Waals surface area contributed by atoms with Gasteiger partial charge in [-0.05, 0) is 18.1 Å². The van der Waals surface area contributed by atoms with Gasteiger partial charge in [-0.15, -0.1) is 13.2 Å². The number of aliphatic carboxylic acids is 1. The summed E-state index contributed by atoms with van der Waals surface area (Å²) in [4.78, 5) is 13.6. The van der Waals surface area contributed by atoms with Crippen molar-refractivity contribution < 1.29 is 36.6 Å². The topological polar surface area (TPSA) is 59.4 Å². The Kier molecular flexibility index (Phi) is 4.28. The average molecular weight is 285 g/mol. The molecular weight excluding hydrogens is 277 g/mol. The van der Waals surface area contributed by atoms with E-state index in [1.54, 1.807) is 0 Å². The summed E-state index contributed by atoms with van der Waals surface area (Å²) in [5.41, 5.74) is -1.32. The second-order valence-corrected chi connectivity index (χ2v) is 3.55. The van der Waals surface area contributed by atoms with Crippen molar-refractivity contribution in [3.63, 3.8) is 0 Å². The molecular formula is C10H8F5NO3. The maximum Gasteiger partial charge on any atom is 0.574 e. The maximum atomic E-state index is 12.6. The van der Waals surface area contributed by atoms with Crippen LogP contribution in [0, 0.1) is 6.92 Å². The fourth-order valence-electron chi connectivity index (χ4n) is 1.39. The van der Waals surface area contributed by atoms with E-state index in [9.17, 15) is 26.7 Å². The lowest BCUT2D eigenvalue weighted by Gasteiger charge is -2.13. The molecule has 0 amide bonds. The fourth-order valence-corrected chi connectivity index (χ4v) is 1.39. The largest absolute Gasteiger partial charge is 0.574 e. The minimum atomic E-state index is -5.10. The Balaban J connectivity index is 3.26. The van der Waals surface area contributed by atoms with Crippen LogP contribution >= 0.6 is 0 Å². The van der Waals surface area contributed by atoms with E-state index < -0.39 is 36.8 Å². The molecule has 0 spiro atoms. The Labute approximate surface area is 103 Å². The molecule has 0 saturated carbocycles. The van der Waals surface area contributed by atoms with E-state index in [-0.39, 0.29) is 11.1 Å². The van der Waals surface area contributed by atoms with Gasteiger partial charge in [-0.2, -0.15) is 0 Å². The van der Waals surface area contributed by atoms with Crippen LogP contribution in [0.2, 0.25) is 0 Å². The number of aromatic nitrogens is 1. The lowest BCUT2D eigenvalue weighted by atomic mass is 10.1. The van der Waals surface area contributed by atoms with Crippen LogP contribution in [-0.4, -0.2) is 22.4 Å². The minimum Gasteiger partial charge on any atom is -0.481 e. The van der Waals surface area contributed by atoms with Gasteiger partial charge in [0, 0.05) is 6.07 Å². The SMILES string of the molecule is Cc1c(CC(=O)O)cc(OC(F)(F)F)nc1C(F)F. The molecule has 0 aliphatic rings. The molecule has 1 aromatic rings. The summed E-state index contributed by atoms with van der Waals surface area (Å²) < 4.78 is 64.7. The Morgan fingerprint density at radius 2 is 2.05 bits per heavy atom. The first kappa shape index (κ1) is 15.1. The van der Waals surface area contributed by atoms with E-state index in [1.165, 1.54) is 0 Å². The Bertz CT molecular complexity index is 487. The fraction of sp³-hybridized carbons (Fsp3) is 0.400. The standard InChI is InChI=1S/C10H8F5NO3/c1-4-5(3-7(17)18)2-6(19-10(13,14)15)16-8(4)9(11)12/h2,9H,3H2,1H3,(H,17,18). The summed E-state index contributed by atoms with van der Waals surface area (Å²) in [6.07, 6.45) is -8.94. The van der Waals surface area contributed by atoms with E-state index in [2.05, 4.69) is 9.72 Å². The van der Waals surface area contributed by atoms with Crippen molar-refractivity contribution in [3.8, 4) is 5.88 Å². The van der Waals surface area contributed by atoms with Crippen LogP contribution in [-0.2, 0) is 11.2 Å². The number of carbonyl (C=O) groups is 1. The van der Waals surface area contributed by atoms with Crippen molar-refractivity contribution in [2.45, 2.75) is 26.1 Å². The van der Waals surface area contributed by atoms with Gasteiger partial charge in [0.25, 0.3) is 6.43 Å². The van der Waals surface area contributed by atoms with Crippen LogP contribution in [0.5, 0.6) is 5.88 Å². The van der Waals surface area contributed by atoms with Gasteiger partial charge in [0.2, 0.25) is 5.88 Å². The number of hydrogen-bond acceptors (Lipinski definition) is 3. The van der Waals surface area contributed by atoms with Crippen LogP contribution in [0.3, 0.4) is 0 Å². The van der Waals surface area contributed by atoms with Gasteiger partial charge in [0.05, 0.1) is 6.42 Å². The highest BCUT2D eigenvalue weighted by Crippen LogP contribution is 2.29. The zero-order chi connectivity index (χ0) is 14.8. The van der Waals surface area contributed by atoms with Crippen molar-refractivity contribution in [1.82, 2.24) is 4.98 Å². The molecule has 0 unspecified atom stereocenters. The highest BCUT2D eigenvalue weighted by atomic mass is 19.4. The number of alkyl halides is 5. The maximum absolute atomic E-state index is 12.6. The van der Waals surface area contributed by atoms with Gasteiger partial charge in [-0.25, -0.2) is 13.8 Å². The number of rotatable bonds is 4. The normalized spacial score (nSPS) is 11.7. The van der Waals surface area contributed by atoms with Crippen molar-refractivity contribution in [2.75, 3.05) is 0 Å². The van der Waals surface area contributed by atoms with E-state index in [4.69, 9.17) is 5.11 Å². The van der Waals surface area contributed by atoms with E-state index in [1.807, 2.05) is 0 Å². The molecule has 0 fully saturated rings. The van der Waals surface area contributed by atoms with Gasteiger partial charge >= 0.3 is 12.3 Å². The predicted molar refractivity (Wildman–Crippen MR) is 52.0 cm³/mol. The van der Waals surface area contributed by atoms with Crippen molar-refractivity contribution in [2.24, 2.45) is 0 Å². The zero-order valence-corrected chi connectivity index (χ0v) is 9.46. The Morgan fingerprint density at radius 3 is 2.47 bits per heavy atom. The molecule has 0 saturated heterocycles. The first-order chi connectivity index (χ1) is 8.60.